The third-order valence-electron chi connectivity index (χ3n) is 2.64. The topological polar surface area (TPSA) is 80.7 Å². The van der Waals surface area contributed by atoms with Crippen LogP contribution in [0.1, 0.15) is 10.4 Å². The van der Waals surface area contributed by atoms with Gasteiger partial charge in [-0.2, -0.15) is 8.42 Å². The normalized spacial score (nSPS) is 11.3. The van der Waals surface area contributed by atoms with E-state index in [2.05, 4.69) is 0 Å². The van der Waals surface area contributed by atoms with Crippen LogP contribution in [0, 0.1) is 14.3 Å². The van der Waals surface area contributed by atoms with Crippen LogP contribution in [0.15, 0.2) is 35.2 Å². The van der Waals surface area contributed by atoms with Crippen molar-refractivity contribution in [3.8, 4) is 5.75 Å². The van der Waals surface area contributed by atoms with Crippen LogP contribution in [0.25, 0.3) is 0 Å². The van der Waals surface area contributed by atoms with E-state index in [4.69, 9.17) is 4.74 Å². The molecule has 2 rings (SSSR count). The average molecular weight is 782 g/mol. The molecule has 5 nitrogen and oxygen atoms in total. The van der Waals surface area contributed by atoms with E-state index >= 15 is 0 Å². The molecule has 0 aliphatic heterocycles. The average Bonchev–Trinajstić information content (AvgIpc) is 2.48. The smallest absolute Gasteiger partial charge is 0.346 e. The number of rotatable bonds is 3. The molecule has 0 saturated carbocycles. The first-order valence-corrected chi connectivity index (χ1v) is 11.5. The third kappa shape index (κ3) is 4.48. The van der Waals surface area contributed by atoms with Gasteiger partial charge in [0.05, 0.1) is 5.56 Å². The van der Waals surface area contributed by atoms with E-state index in [0.29, 0.717) is 7.14 Å². The summed E-state index contributed by atoms with van der Waals surface area (Å²) >= 11 is 7.68. The molecule has 23 heavy (non-hydrogen) atoms. The number of halogens is 4. The SMILES string of the molecule is O=C(Oc1ccccc1)c1c(I)c(I)c(I)c(I)c1S(=O)(=O)O. The van der Waals surface area contributed by atoms with Crippen molar-refractivity contribution < 1.29 is 22.5 Å². The van der Waals surface area contributed by atoms with Crippen LogP contribution in [-0.4, -0.2) is 18.9 Å². The van der Waals surface area contributed by atoms with Crippen molar-refractivity contribution in [3.63, 3.8) is 0 Å². The van der Waals surface area contributed by atoms with Crippen LogP contribution in [0.3, 0.4) is 0 Å². The molecule has 10 heteroatoms. The molecule has 0 aliphatic rings. The largest absolute Gasteiger partial charge is 0.423 e. The van der Waals surface area contributed by atoms with Crippen molar-refractivity contribution in [1.82, 2.24) is 0 Å². The van der Waals surface area contributed by atoms with Crippen LogP contribution < -0.4 is 4.74 Å². The predicted molar refractivity (Wildman–Crippen MR) is 119 cm³/mol. The molecule has 0 radical (unpaired) electrons. The fourth-order valence-electron chi connectivity index (χ4n) is 1.68. The number of carbonyl (C=O) groups is 1. The van der Waals surface area contributed by atoms with Crippen LogP contribution >= 0.6 is 90.4 Å². The standard InChI is InChI=1S/C13H6I4O5S/c14-8-7(13(18)22-6-4-2-1-3-5-6)12(23(19,20)21)11(17)10(16)9(8)15/h1-5H,(H,19,20,21). The third-order valence-corrected chi connectivity index (χ3v) is 11.3. The molecule has 0 heterocycles. The Hall–Kier alpha value is 0.740. The van der Waals surface area contributed by atoms with Gasteiger partial charge in [0.25, 0.3) is 10.1 Å². The van der Waals surface area contributed by atoms with Crippen molar-refractivity contribution in [2.24, 2.45) is 0 Å². The molecule has 0 aliphatic carbocycles. The van der Waals surface area contributed by atoms with Crippen molar-refractivity contribution in [1.29, 1.82) is 0 Å². The van der Waals surface area contributed by atoms with Gasteiger partial charge in [0.15, 0.2) is 0 Å². The summed E-state index contributed by atoms with van der Waals surface area (Å²) in [6.45, 7) is 0. The van der Waals surface area contributed by atoms with Gasteiger partial charge in [-0.05, 0) is 102 Å². The number of ether oxygens (including phenoxy) is 1. The highest BCUT2D eigenvalue weighted by Gasteiger charge is 2.31. The molecule has 0 atom stereocenters. The summed E-state index contributed by atoms with van der Waals surface area (Å²) < 4.78 is 40.4. The molecule has 0 aromatic heterocycles. The van der Waals surface area contributed by atoms with Crippen LogP contribution in [-0.2, 0) is 10.1 Å². The Bertz CT molecular complexity index is 881. The van der Waals surface area contributed by atoms with Crippen LogP contribution in [0.5, 0.6) is 5.75 Å². The van der Waals surface area contributed by atoms with Crippen LogP contribution in [0.4, 0.5) is 0 Å². The lowest BCUT2D eigenvalue weighted by Crippen LogP contribution is -2.19. The first-order chi connectivity index (χ1) is 10.6. The minimum absolute atomic E-state index is 0.161. The van der Waals surface area contributed by atoms with E-state index in [1.807, 2.05) is 67.8 Å². The Morgan fingerprint density at radius 1 is 0.913 bits per heavy atom. The van der Waals surface area contributed by atoms with E-state index in [9.17, 15) is 17.8 Å². The van der Waals surface area contributed by atoms with E-state index < -0.39 is 21.0 Å². The molecule has 0 bridgehead atoms. The number of hydrogen-bond acceptors (Lipinski definition) is 4. The maximum Gasteiger partial charge on any atom is 0.346 e. The zero-order chi connectivity index (χ0) is 17.4. The zero-order valence-corrected chi connectivity index (χ0v) is 20.3. The van der Waals surface area contributed by atoms with Gasteiger partial charge in [0.2, 0.25) is 0 Å². The highest BCUT2D eigenvalue weighted by Crippen LogP contribution is 2.35. The fourth-order valence-corrected chi connectivity index (χ4v) is 7.07. The minimum atomic E-state index is -4.58. The Labute approximate surface area is 187 Å². The second kappa shape index (κ2) is 7.96. The van der Waals surface area contributed by atoms with E-state index in [1.165, 1.54) is 0 Å². The van der Waals surface area contributed by atoms with Gasteiger partial charge in [-0.1, -0.05) is 18.2 Å². The highest BCUT2D eigenvalue weighted by molar-refractivity contribution is 14.1. The lowest BCUT2D eigenvalue weighted by molar-refractivity contribution is 0.0728. The monoisotopic (exact) mass is 782 g/mol. The van der Waals surface area contributed by atoms with Gasteiger partial charge in [-0.15, -0.1) is 0 Å². The predicted octanol–water partition coefficient (Wildman–Crippen LogP) is 4.57. The Morgan fingerprint density at radius 2 is 1.43 bits per heavy atom. The maximum atomic E-state index is 12.5. The molecule has 122 valence electrons. The molecule has 0 spiro atoms. The van der Waals surface area contributed by atoms with Crippen molar-refractivity contribution in [2.75, 3.05) is 0 Å². The Balaban J connectivity index is 2.68. The Morgan fingerprint density at radius 3 is 1.96 bits per heavy atom. The van der Waals surface area contributed by atoms with Crippen molar-refractivity contribution in [2.45, 2.75) is 4.90 Å². The summed E-state index contributed by atoms with van der Waals surface area (Å²) in [7, 11) is -4.58. The van der Waals surface area contributed by atoms with E-state index in [1.54, 1.807) is 52.9 Å². The molecular formula is C13H6I4O5S. The molecule has 2 aromatic rings. The second-order valence-electron chi connectivity index (χ2n) is 4.14. The first kappa shape index (κ1) is 20.1. The molecule has 1 N–H and O–H groups in total. The van der Waals surface area contributed by atoms with Gasteiger partial charge in [-0.3, -0.25) is 4.55 Å². The first-order valence-electron chi connectivity index (χ1n) is 5.75. The Kier molecular flexibility index (Phi) is 6.94. The quantitative estimate of drug-likeness (QED) is 0.123. The maximum absolute atomic E-state index is 12.5. The molecule has 0 saturated heterocycles. The highest BCUT2D eigenvalue weighted by atomic mass is 127. The van der Waals surface area contributed by atoms with Crippen molar-refractivity contribution in [3.05, 3.63) is 50.2 Å². The zero-order valence-electron chi connectivity index (χ0n) is 10.9. The number of hydrogen-bond donors (Lipinski definition) is 1. The summed E-state index contributed by atoms with van der Waals surface area (Å²) in [6.07, 6.45) is 0. The van der Waals surface area contributed by atoms with Gasteiger partial charge >= 0.3 is 5.97 Å². The summed E-state index contributed by atoms with van der Waals surface area (Å²) in [5.74, 6) is -0.543. The molecular weight excluding hydrogens is 776 g/mol. The van der Waals surface area contributed by atoms with E-state index in [0.717, 1.165) is 3.57 Å². The summed E-state index contributed by atoms with van der Waals surface area (Å²) in [5.41, 5.74) is -0.161. The van der Waals surface area contributed by atoms with Gasteiger partial charge in [-0.25, -0.2) is 4.79 Å². The van der Waals surface area contributed by atoms with E-state index in [-0.39, 0.29) is 14.9 Å². The minimum Gasteiger partial charge on any atom is -0.423 e. The molecule has 0 unspecified atom stereocenters. The summed E-state index contributed by atoms with van der Waals surface area (Å²) in [6, 6.07) is 8.32. The van der Waals surface area contributed by atoms with Crippen molar-refractivity contribution >= 4 is 106 Å². The molecule has 0 amide bonds. The number of esters is 1. The van der Waals surface area contributed by atoms with Gasteiger partial charge in [0, 0.05) is 14.3 Å². The summed E-state index contributed by atoms with van der Waals surface area (Å²) in [4.78, 5) is 12.1. The number of benzene rings is 2. The van der Waals surface area contributed by atoms with Gasteiger partial charge in [0.1, 0.15) is 10.6 Å². The fraction of sp³-hybridized carbons (Fsp3) is 0. The number of carbonyl (C=O) groups excluding carboxylic acids is 1. The lowest BCUT2D eigenvalue weighted by atomic mass is 10.2. The molecule has 2 aromatic carbocycles. The second-order valence-corrected chi connectivity index (χ2v) is 9.81. The van der Waals surface area contributed by atoms with Gasteiger partial charge < -0.3 is 4.74 Å². The lowest BCUT2D eigenvalue weighted by Gasteiger charge is -2.14. The summed E-state index contributed by atoms with van der Waals surface area (Å²) in [5, 5.41) is 0. The molecule has 0 fully saturated rings. The number of para-hydroxylation sites is 1. The van der Waals surface area contributed by atoms with Crippen LogP contribution in [0.2, 0.25) is 0 Å².